The van der Waals surface area contributed by atoms with Crippen molar-refractivity contribution >= 4 is 5.69 Å². The minimum absolute atomic E-state index is 0.0792. The molecule has 2 heterocycles. The summed E-state index contributed by atoms with van der Waals surface area (Å²) in [6, 6.07) is 4.85. The summed E-state index contributed by atoms with van der Waals surface area (Å²) in [5.41, 5.74) is 6.60. The molecule has 0 spiro atoms. The van der Waals surface area contributed by atoms with E-state index in [-0.39, 0.29) is 6.04 Å². The van der Waals surface area contributed by atoms with Gasteiger partial charge in [-0.25, -0.2) is 0 Å². The molecule has 2 atom stereocenters. The number of halogens is 3. The first-order valence-corrected chi connectivity index (χ1v) is 6.18. The normalized spacial score (nSPS) is 27.0. The molecule has 1 aromatic rings. The maximum Gasteiger partial charge on any atom is 0.416 e. The van der Waals surface area contributed by atoms with Gasteiger partial charge in [0, 0.05) is 24.3 Å². The van der Waals surface area contributed by atoms with E-state index in [0.717, 1.165) is 18.5 Å². The van der Waals surface area contributed by atoms with Crippen molar-refractivity contribution in [1.29, 1.82) is 0 Å². The molecule has 0 aliphatic carbocycles. The number of rotatable bonds is 0. The van der Waals surface area contributed by atoms with Crippen molar-refractivity contribution < 1.29 is 13.2 Å². The molecule has 2 aliphatic heterocycles. The van der Waals surface area contributed by atoms with E-state index in [1.54, 1.807) is 6.07 Å². The predicted molar refractivity (Wildman–Crippen MR) is 63.5 cm³/mol. The molecule has 0 amide bonds. The van der Waals surface area contributed by atoms with Crippen molar-refractivity contribution in [3.8, 4) is 0 Å². The topological polar surface area (TPSA) is 29.3 Å². The van der Waals surface area contributed by atoms with E-state index in [4.69, 9.17) is 5.73 Å². The van der Waals surface area contributed by atoms with Gasteiger partial charge in [-0.3, -0.25) is 0 Å². The highest BCUT2D eigenvalue weighted by Gasteiger charge is 2.39. The first-order valence-electron chi connectivity index (χ1n) is 6.18. The Labute approximate surface area is 104 Å². The van der Waals surface area contributed by atoms with Gasteiger partial charge in [0.1, 0.15) is 0 Å². The zero-order valence-electron chi connectivity index (χ0n) is 9.87. The predicted octanol–water partition coefficient (Wildman–Crippen LogP) is 2.56. The van der Waals surface area contributed by atoms with Crippen LogP contribution >= 0.6 is 0 Å². The van der Waals surface area contributed by atoms with Crippen LogP contribution in [0.5, 0.6) is 0 Å². The van der Waals surface area contributed by atoms with Crippen LogP contribution in [0.1, 0.15) is 24.0 Å². The molecular weight excluding hydrogens is 241 g/mol. The molecule has 2 aliphatic rings. The summed E-state index contributed by atoms with van der Waals surface area (Å²) in [5.74, 6) is 0. The Bertz CT molecular complexity index is 470. The van der Waals surface area contributed by atoms with Crippen molar-refractivity contribution in [1.82, 2.24) is 0 Å². The van der Waals surface area contributed by atoms with E-state index >= 15 is 0 Å². The minimum Gasteiger partial charge on any atom is -0.367 e. The minimum atomic E-state index is -4.26. The van der Waals surface area contributed by atoms with E-state index in [9.17, 15) is 13.2 Å². The largest absolute Gasteiger partial charge is 0.416 e. The highest BCUT2D eigenvalue weighted by Crippen LogP contribution is 2.42. The van der Waals surface area contributed by atoms with Gasteiger partial charge in [-0.05, 0) is 37.0 Å². The third-order valence-electron chi connectivity index (χ3n) is 3.94. The molecule has 5 heteroatoms. The van der Waals surface area contributed by atoms with Gasteiger partial charge in [0.25, 0.3) is 0 Å². The summed E-state index contributed by atoms with van der Waals surface area (Å²) >= 11 is 0. The smallest absolute Gasteiger partial charge is 0.367 e. The Morgan fingerprint density at radius 1 is 1.28 bits per heavy atom. The molecule has 0 bridgehead atoms. The van der Waals surface area contributed by atoms with E-state index in [2.05, 4.69) is 4.90 Å². The molecule has 1 saturated heterocycles. The third kappa shape index (κ3) is 1.77. The molecule has 3 rings (SSSR count). The molecule has 0 radical (unpaired) electrons. The molecule has 0 saturated carbocycles. The number of fused-ring (bicyclic) bond motifs is 3. The van der Waals surface area contributed by atoms with Crippen LogP contribution in [0.3, 0.4) is 0 Å². The zero-order valence-corrected chi connectivity index (χ0v) is 9.87. The average Bonchev–Trinajstić information content (AvgIpc) is 2.67. The second-order valence-corrected chi connectivity index (χ2v) is 5.14. The second kappa shape index (κ2) is 3.88. The molecule has 2 N–H and O–H groups in total. The van der Waals surface area contributed by atoms with Crippen LogP contribution < -0.4 is 10.6 Å². The van der Waals surface area contributed by atoms with Gasteiger partial charge < -0.3 is 10.6 Å². The Balaban J connectivity index is 2.06. The molecule has 98 valence electrons. The number of hydrogen-bond donors (Lipinski definition) is 1. The number of hydrogen-bond acceptors (Lipinski definition) is 2. The molecule has 2 unspecified atom stereocenters. The van der Waals surface area contributed by atoms with Gasteiger partial charge in [-0.15, -0.1) is 0 Å². The molecule has 1 aromatic carbocycles. The lowest BCUT2D eigenvalue weighted by Gasteiger charge is -2.34. The van der Waals surface area contributed by atoms with Gasteiger partial charge in [0.05, 0.1) is 5.56 Å². The van der Waals surface area contributed by atoms with Crippen molar-refractivity contribution in [2.45, 2.75) is 37.5 Å². The maximum absolute atomic E-state index is 13.0. The van der Waals surface area contributed by atoms with Crippen LogP contribution in [0.15, 0.2) is 18.2 Å². The van der Waals surface area contributed by atoms with Crippen molar-refractivity contribution in [2.75, 3.05) is 11.4 Å². The number of benzene rings is 1. The summed E-state index contributed by atoms with van der Waals surface area (Å²) in [4.78, 5) is 2.05. The Hall–Kier alpha value is -1.23. The maximum atomic E-state index is 13.0. The SMILES string of the molecule is NC1CC2CCc3c(cccc3C(F)(F)F)N2C1. The fourth-order valence-electron chi connectivity index (χ4n) is 3.20. The first-order chi connectivity index (χ1) is 8.47. The number of nitrogens with zero attached hydrogens (tertiary/aromatic N) is 1. The quantitative estimate of drug-likeness (QED) is 0.773. The van der Waals surface area contributed by atoms with Gasteiger partial charge in [-0.1, -0.05) is 6.07 Å². The summed E-state index contributed by atoms with van der Waals surface area (Å²) in [5, 5.41) is 0. The number of nitrogens with two attached hydrogens (primary N) is 1. The molecule has 2 nitrogen and oxygen atoms in total. The second-order valence-electron chi connectivity index (χ2n) is 5.14. The van der Waals surface area contributed by atoms with Crippen LogP contribution in [-0.2, 0) is 12.6 Å². The first kappa shape index (κ1) is 11.8. The van der Waals surface area contributed by atoms with Gasteiger partial charge in [0.15, 0.2) is 0 Å². The summed E-state index contributed by atoms with van der Waals surface area (Å²) < 4.78 is 38.9. The van der Waals surface area contributed by atoms with Crippen LogP contribution in [0.2, 0.25) is 0 Å². The van der Waals surface area contributed by atoms with Crippen molar-refractivity contribution in [3.05, 3.63) is 29.3 Å². The van der Waals surface area contributed by atoms with Crippen LogP contribution in [0.4, 0.5) is 18.9 Å². The number of anilines is 1. The van der Waals surface area contributed by atoms with E-state index in [1.807, 2.05) is 0 Å². The van der Waals surface area contributed by atoms with Crippen LogP contribution in [-0.4, -0.2) is 18.6 Å². The zero-order chi connectivity index (χ0) is 12.9. The summed E-state index contributed by atoms with van der Waals surface area (Å²) in [6.07, 6.45) is -2.11. The van der Waals surface area contributed by atoms with Crippen LogP contribution in [0, 0.1) is 0 Å². The average molecular weight is 256 g/mol. The Morgan fingerprint density at radius 3 is 2.78 bits per heavy atom. The van der Waals surface area contributed by atoms with Gasteiger partial charge in [0.2, 0.25) is 0 Å². The fourth-order valence-corrected chi connectivity index (χ4v) is 3.20. The highest BCUT2D eigenvalue weighted by molar-refractivity contribution is 5.61. The molecule has 18 heavy (non-hydrogen) atoms. The molecule has 0 aromatic heterocycles. The fraction of sp³-hybridized carbons (Fsp3) is 0.538. The lowest BCUT2D eigenvalue weighted by molar-refractivity contribution is -0.138. The monoisotopic (exact) mass is 256 g/mol. The lowest BCUT2D eigenvalue weighted by Crippen LogP contribution is -2.35. The lowest BCUT2D eigenvalue weighted by atomic mass is 9.92. The third-order valence-corrected chi connectivity index (χ3v) is 3.94. The van der Waals surface area contributed by atoms with Crippen molar-refractivity contribution in [2.24, 2.45) is 5.73 Å². The summed E-state index contributed by atoms with van der Waals surface area (Å²) in [6.45, 7) is 0.666. The summed E-state index contributed by atoms with van der Waals surface area (Å²) in [7, 11) is 0. The Kier molecular flexibility index (Phi) is 2.55. The standard InChI is InChI=1S/C13H15F3N2/c14-13(15,16)11-2-1-3-12-10(11)5-4-9-6-8(17)7-18(9)12/h1-3,8-9H,4-7,17H2. The van der Waals surface area contributed by atoms with E-state index < -0.39 is 11.7 Å². The van der Waals surface area contributed by atoms with E-state index in [0.29, 0.717) is 24.6 Å². The molecular formula is C13H15F3N2. The molecule has 1 fully saturated rings. The number of alkyl halides is 3. The van der Waals surface area contributed by atoms with Gasteiger partial charge in [-0.2, -0.15) is 13.2 Å². The van der Waals surface area contributed by atoms with Crippen LogP contribution in [0.25, 0.3) is 0 Å². The van der Waals surface area contributed by atoms with E-state index in [1.165, 1.54) is 12.1 Å². The van der Waals surface area contributed by atoms with Gasteiger partial charge >= 0.3 is 6.18 Å². The van der Waals surface area contributed by atoms with Crippen molar-refractivity contribution in [3.63, 3.8) is 0 Å². The Morgan fingerprint density at radius 2 is 2.06 bits per heavy atom. The highest BCUT2D eigenvalue weighted by atomic mass is 19.4.